The van der Waals surface area contributed by atoms with Gasteiger partial charge in [0, 0.05) is 17.9 Å². The number of fused-ring (bicyclic) bond motifs is 1. The third-order valence-corrected chi connectivity index (χ3v) is 3.54. The van der Waals surface area contributed by atoms with E-state index in [1.165, 1.54) is 0 Å². The molecule has 1 heterocycles. The highest BCUT2D eigenvalue weighted by Gasteiger charge is 2.13. The minimum atomic E-state index is -0.340. The number of aromatic nitrogens is 2. The Kier molecular flexibility index (Phi) is 5.75. The fourth-order valence-corrected chi connectivity index (χ4v) is 2.22. The molecule has 1 N–H and O–H groups in total. The van der Waals surface area contributed by atoms with Gasteiger partial charge in [0.1, 0.15) is 5.75 Å². The van der Waals surface area contributed by atoms with E-state index >= 15 is 0 Å². The van der Waals surface area contributed by atoms with Gasteiger partial charge in [-0.25, -0.2) is 0 Å². The number of amides is 1. The Morgan fingerprint density at radius 2 is 2.04 bits per heavy atom. The molecular weight excluding hydrogens is 302 g/mol. The second-order valence-corrected chi connectivity index (χ2v) is 5.95. The van der Waals surface area contributed by atoms with Crippen molar-refractivity contribution in [3.05, 3.63) is 23.4 Å². The van der Waals surface area contributed by atoms with E-state index in [9.17, 15) is 4.79 Å². The molecule has 0 bridgehead atoms. The van der Waals surface area contributed by atoms with Gasteiger partial charge in [0.05, 0.1) is 23.0 Å². The van der Waals surface area contributed by atoms with E-state index in [4.69, 9.17) is 4.74 Å². The number of unbranched alkanes of at least 4 members (excludes halogenated alkanes) is 1. The average molecular weight is 325 g/mol. The van der Waals surface area contributed by atoms with Gasteiger partial charge in [0.15, 0.2) is 0 Å². The number of aryl methyl sites for hydroxylation is 2. The molecule has 2 aromatic rings. The van der Waals surface area contributed by atoms with Gasteiger partial charge in [0.25, 0.3) is 5.91 Å². The summed E-state index contributed by atoms with van der Waals surface area (Å²) in [6.45, 7) is 9.79. The van der Waals surface area contributed by atoms with Gasteiger partial charge in [-0.2, -0.15) is 10.2 Å². The first kappa shape index (κ1) is 17.7. The van der Waals surface area contributed by atoms with Crippen molar-refractivity contribution in [2.45, 2.75) is 53.6 Å². The molecule has 24 heavy (non-hydrogen) atoms. The number of nitrogens with one attached hydrogen (secondary N) is 1. The number of carbonyl (C=O) groups is 1. The largest absolute Gasteiger partial charge is 0.489 e. The molecule has 1 aromatic heterocycles. The van der Waals surface area contributed by atoms with E-state index in [1.54, 1.807) is 0 Å². The van der Waals surface area contributed by atoms with E-state index in [1.807, 2.05) is 46.8 Å². The summed E-state index contributed by atoms with van der Waals surface area (Å²) in [5, 5.41) is 12.1. The molecule has 0 atom stereocenters. The van der Waals surface area contributed by atoms with Gasteiger partial charge >= 0.3 is 0 Å². The van der Waals surface area contributed by atoms with Crippen LogP contribution in [0.3, 0.4) is 0 Å². The zero-order chi connectivity index (χ0) is 17.7. The predicted molar refractivity (Wildman–Crippen MR) is 96.1 cm³/mol. The SMILES string of the molecule is CCCC#CC(=O)Nc1cc2c(C)c(C)nnc2cc1OC(C)C. The standard InChI is InChI=1S/C19H23N3O2/c1-6-7-8-9-19(23)20-17-10-15-13(4)14(5)21-22-16(15)11-18(17)24-12(2)3/h10-12H,6-7H2,1-5H3,(H,20,23). The lowest BCUT2D eigenvalue weighted by Gasteiger charge is -2.16. The summed E-state index contributed by atoms with van der Waals surface area (Å²) < 4.78 is 5.82. The van der Waals surface area contributed by atoms with Crippen molar-refractivity contribution in [3.8, 4) is 17.6 Å². The lowest BCUT2D eigenvalue weighted by Crippen LogP contribution is -2.13. The summed E-state index contributed by atoms with van der Waals surface area (Å²) in [4.78, 5) is 12.0. The number of rotatable bonds is 4. The van der Waals surface area contributed by atoms with Crippen molar-refractivity contribution in [3.63, 3.8) is 0 Å². The molecule has 126 valence electrons. The molecule has 0 saturated carbocycles. The molecule has 0 fully saturated rings. The summed E-state index contributed by atoms with van der Waals surface area (Å²) in [6.07, 6.45) is 1.60. The van der Waals surface area contributed by atoms with Crippen molar-refractivity contribution >= 4 is 22.5 Å². The van der Waals surface area contributed by atoms with E-state index in [-0.39, 0.29) is 12.0 Å². The molecule has 0 spiro atoms. The van der Waals surface area contributed by atoms with Crippen LogP contribution in [0.2, 0.25) is 0 Å². The number of nitrogens with zero attached hydrogens (tertiary/aromatic N) is 2. The Bertz CT molecular complexity index is 817. The smallest absolute Gasteiger partial charge is 0.300 e. The fraction of sp³-hybridized carbons (Fsp3) is 0.421. The van der Waals surface area contributed by atoms with Crippen LogP contribution in [0.5, 0.6) is 5.75 Å². The molecule has 0 radical (unpaired) electrons. The monoisotopic (exact) mass is 325 g/mol. The molecule has 2 rings (SSSR count). The molecule has 0 unspecified atom stereocenters. The molecule has 1 aromatic carbocycles. The van der Waals surface area contributed by atoms with Crippen LogP contribution in [0.4, 0.5) is 5.69 Å². The summed E-state index contributed by atoms with van der Waals surface area (Å²) in [5.74, 6) is 5.68. The van der Waals surface area contributed by atoms with E-state index in [0.717, 1.165) is 28.6 Å². The molecule has 5 nitrogen and oxygen atoms in total. The van der Waals surface area contributed by atoms with E-state index in [0.29, 0.717) is 17.9 Å². The predicted octanol–water partition coefficient (Wildman–Crippen LogP) is 3.78. The average Bonchev–Trinajstić information content (AvgIpc) is 2.52. The molecule has 1 amide bonds. The third-order valence-electron chi connectivity index (χ3n) is 3.54. The fourth-order valence-electron chi connectivity index (χ4n) is 2.22. The van der Waals surface area contributed by atoms with Gasteiger partial charge in [-0.1, -0.05) is 12.8 Å². The van der Waals surface area contributed by atoms with Crippen molar-refractivity contribution in [1.29, 1.82) is 0 Å². The van der Waals surface area contributed by atoms with Crippen LogP contribution in [-0.2, 0) is 4.79 Å². The van der Waals surface area contributed by atoms with Crippen LogP contribution in [0, 0.1) is 25.7 Å². The zero-order valence-corrected chi connectivity index (χ0v) is 14.9. The Morgan fingerprint density at radius 1 is 1.29 bits per heavy atom. The summed E-state index contributed by atoms with van der Waals surface area (Å²) >= 11 is 0. The number of benzene rings is 1. The van der Waals surface area contributed by atoms with Gasteiger partial charge in [0.2, 0.25) is 0 Å². The molecule has 0 aliphatic rings. The van der Waals surface area contributed by atoms with Gasteiger partial charge < -0.3 is 10.1 Å². The minimum Gasteiger partial charge on any atom is -0.489 e. The second-order valence-electron chi connectivity index (χ2n) is 5.95. The summed E-state index contributed by atoms with van der Waals surface area (Å²) in [6, 6.07) is 3.69. The quantitative estimate of drug-likeness (QED) is 0.869. The number of ether oxygens (including phenoxy) is 1. The lowest BCUT2D eigenvalue weighted by molar-refractivity contribution is -0.111. The molecule has 0 saturated heterocycles. The number of hydrogen-bond donors (Lipinski definition) is 1. The van der Waals surface area contributed by atoms with Gasteiger partial charge in [-0.3, -0.25) is 4.79 Å². The Hall–Kier alpha value is -2.61. The number of anilines is 1. The first-order valence-corrected chi connectivity index (χ1v) is 8.16. The topological polar surface area (TPSA) is 64.1 Å². The van der Waals surface area contributed by atoms with E-state index < -0.39 is 0 Å². The molecule has 5 heteroatoms. The molecular formula is C19H23N3O2. The summed E-state index contributed by atoms with van der Waals surface area (Å²) in [7, 11) is 0. The molecule has 0 aliphatic carbocycles. The van der Waals surface area contributed by atoms with Crippen LogP contribution in [0.1, 0.15) is 44.9 Å². The zero-order valence-electron chi connectivity index (χ0n) is 14.9. The van der Waals surface area contributed by atoms with E-state index in [2.05, 4.69) is 27.4 Å². The third kappa shape index (κ3) is 4.23. The van der Waals surface area contributed by atoms with Crippen molar-refractivity contribution in [2.24, 2.45) is 0 Å². The Morgan fingerprint density at radius 3 is 2.71 bits per heavy atom. The maximum absolute atomic E-state index is 12.0. The number of hydrogen-bond acceptors (Lipinski definition) is 4. The number of carbonyl (C=O) groups excluding carboxylic acids is 1. The normalized spacial score (nSPS) is 10.4. The van der Waals surface area contributed by atoms with Crippen LogP contribution >= 0.6 is 0 Å². The highest BCUT2D eigenvalue weighted by Crippen LogP contribution is 2.32. The van der Waals surface area contributed by atoms with Crippen LogP contribution in [0.15, 0.2) is 12.1 Å². The van der Waals surface area contributed by atoms with Gasteiger partial charge in [-0.15, -0.1) is 0 Å². The minimum absolute atomic E-state index is 0.0243. The van der Waals surface area contributed by atoms with Gasteiger partial charge in [-0.05, 0) is 51.7 Å². The first-order valence-electron chi connectivity index (χ1n) is 8.16. The second kappa shape index (κ2) is 7.78. The highest BCUT2D eigenvalue weighted by atomic mass is 16.5. The van der Waals surface area contributed by atoms with Crippen molar-refractivity contribution in [1.82, 2.24) is 10.2 Å². The summed E-state index contributed by atoms with van der Waals surface area (Å²) in [5.41, 5.74) is 3.23. The van der Waals surface area contributed by atoms with Crippen LogP contribution in [0.25, 0.3) is 10.9 Å². The Labute approximate surface area is 142 Å². The van der Waals surface area contributed by atoms with Crippen molar-refractivity contribution in [2.75, 3.05) is 5.32 Å². The lowest BCUT2D eigenvalue weighted by atomic mass is 10.1. The first-order chi connectivity index (χ1) is 11.4. The highest BCUT2D eigenvalue weighted by molar-refractivity contribution is 6.06. The maximum atomic E-state index is 12.0. The molecule has 0 aliphatic heterocycles. The van der Waals surface area contributed by atoms with Crippen LogP contribution in [-0.4, -0.2) is 22.2 Å². The Balaban J connectivity index is 2.46. The maximum Gasteiger partial charge on any atom is 0.300 e. The van der Waals surface area contributed by atoms with Crippen LogP contribution < -0.4 is 10.1 Å². The van der Waals surface area contributed by atoms with Crippen molar-refractivity contribution < 1.29 is 9.53 Å².